The van der Waals surface area contributed by atoms with Gasteiger partial charge in [0.1, 0.15) is 12.1 Å². The van der Waals surface area contributed by atoms with Gasteiger partial charge in [-0.3, -0.25) is 0 Å². The zero-order chi connectivity index (χ0) is 7.98. The molecule has 10 heavy (non-hydrogen) atoms. The summed E-state index contributed by atoms with van der Waals surface area (Å²) in [5.41, 5.74) is 0. The molecule has 3 heteroatoms. The average molecular weight is 150 g/mol. The van der Waals surface area contributed by atoms with Gasteiger partial charge in [0.2, 0.25) is 0 Å². The molecule has 0 heterocycles. The van der Waals surface area contributed by atoms with E-state index in [1.54, 1.807) is 13.0 Å². The molecule has 0 bridgehead atoms. The Morgan fingerprint density at radius 1 is 1.50 bits per heavy atom. The molecule has 2 nitrogen and oxygen atoms in total. The van der Waals surface area contributed by atoms with Crippen LogP contribution in [0.25, 0.3) is 0 Å². The van der Waals surface area contributed by atoms with Crippen LogP contribution < -0.4 is 0 Å². The SMILES string of the molecule is C=C(C#N)S/C(C#N)=C\C. The van der Waals surface area contributed by atoms with Crippen molar-refractivity contribution in [3.63, 3.8) is 0 Å². The monoisotopic (exact) mass is 150 g/mol. The molecule has 0 aliphatic heterocycles. The lowest BCUT2D eigenvalue weighted by Crippen LogP contribution is -1.69. The highest BCUT2D eigenvalue weighted by molar-refractivity contribution is 8.07. The van der Waals surface area contributed by atoms with Crippen LogP contribution in [0.15, 0.2) is 22.5 Å². The van der Waals surface area contributed by atoms with Crippen LogP contribution in [0, 0.1) is 22.7 Å². The Morgan fingerprint density at radius 3 is 2.40 bits per heavy atom. The van der Waals surface area contributed by atoms with E-state index >= 15 is 0 Å². The van der Waals surface area contributed by atoms with Crippen molar-refractivity contribution in [1.82, 2.24) is 0 Å². The second-order valence-corrected chi connectivity index (χ2v) is 2.54. The van der Waals surface area contributed by atoms with E-state index < -0.39 is 0 Å². The van der Waals surface area contributed by atoms with Crippen molar-refractivity contribution in [1.29, 1.82) is 10.5 Å². The molecule has 0 aromatic carbocycles. The van der Waals surface area contributed by atoms with E-state index in [2.05, 4.69) is 6.58 Å². The Labute approximate surface area is 64.5 Å². The fourth-order valence-corrected chi connectivity index (χ4v) is 0.776. The number of allylic oxidation sites excluding steroid dienone is 3. The van der Waals surface area contributed by atoms with Crippen molar-refractivity contribution < 1.29 is 0 Å². The number of hydrogen-bond donors (Lipinski definition) is 0. The van der Waals surface area contributed by atoms with E-state index in [0.29, 0.717) is 9.81 Å². The van der Waals surface area contributed by atoms with Crippen molar-refractivity contribution in [3.05, 3.63) is 22.5 Å². The zero-order valence-electron chi connectivity index (χ0n) is 5.59. The van der Waals surface area contributed by atoms with Crippen molar-refractivity contribution in [2.45, 2.75) is 6.92 Å². The first-order valence-electron chi connectivity index (χ1n) is 2.58. The Kier molecular flexibility index (Phi) is 4.11. The topological polar surface area (TPSA) is 47.6 Å². The molecular formula is C7H6N2S. The van der Waals surface area contributed by atoms with Crippen LogP contribution >= 0.6 is 11.8 Å². The van der Waals surface area contributed by atoms with E-state index in [1.165, 1.54) is 0 Å². The third-order valence-corrected chi connectivity index (χ3v) is 1.61. The fraction of sp³-hybridized carbons (Fsp3) is 0.143. The van der Waals surface area contributed by atoms with Crippen molar-refractivity contribution in [3.8, 4) is 12.1 Å². The first kappa shape index (κ1) is 8.81. The minimum Gasteiger partial charge on any atom is -0.192 e. The average Bonchev–Trinajstić information content (AvgIpc) is 1.99. The summed E-state index contributed by atoms with van der Waals surface area (Å²) >= 11 is 1.09. The predicted molar refractivity (Wildman–Crippen MR) is 41.7 cm³/mol. The lowest BCUT2D eigenvalue weighted by atomic mass is 10.6. The summed E-state index contributed by atoms with van der Waals surface area (Å²) in [5.74, 6) is 0. The smallest absolute Gasteiger partial charge is 0.106 e. The molecular weight excluding hydrogens is 144 g/mol. The normalized spacial score (nSPS) is 9.70. The molecule has 0 aromatic rings. The molecule has 0 N–H and O–H groups in total. The lowest BCUT2D eigenvalue weighted by Gasteiger charge is -1.90. The molecule has 0 rings (SSSR count). The maximum atomic E-state index is 8.38. The van der Waals surface area contributed by atoms with Crippen molar-refractivity contribution in [2.75, 3.05) is 0 Å². The maximum Gasteiger partial charge on any atom is 0.106 e. The minimum absolute atomic E-state index is 0.342. The van der Waals surface area contributed by atoms with Gasteiger partial charge >= 0.3 is 0 Å². The van der Waals surface area contributed by atoms with Crippen molar-refractivity contribution in [2.24, 2.45) is 0 Å². The molecule has 0 unspecified atom stereocenters. The van der Waals surface area contributed by atoms with Crippen LogP contribution in [0.3, 0.4) is 0 Å². The molecule has 0 fully saturated rings. The van der Waals surface area contributed by atoms with Gasteiger partial charge in [0.05, 0.1) is 9.81 Å². The van der Waals surface area contributed by atoms with Gasteiger partial charge in [0, 0.05) is 0 Å². The molecule has 50 valence electrons. The first-order valence-corrected chi connectivity index (χ1v) is 3.39. The number of hydrogen-bond acceptors (Lipinski definition) is 3. The Balaban J connectivity index is 4.08. The molecule has 0 amide bonds. The van der Waals surface area contributed by atoms with Gasteiger partial charge in [0.15, 0.2) is 0 Å². The van der Waals surface area contributed by atoms with Crippen LogP contribution in [0.5, 0.6) is 0 Å². The zero-order valence-corrected chi connectivity index (χ0v) is 6.40. The third kappa shape index (κ3) is 2.96. The van der Waals surface area contributed by atoms with Crippen molar-refractivity contribution >= 4 is 11.8 Å². The Bertz CT molecular complexity index is 239. The van der Waals surface area contributed by atoms with Gasteiger partial charge in [-0.15, -0.1) is 0 Å². The Morgan fingerprint density at radius 2 is 2.10 bits per heavy atom. The Hall–Kier alpha value is -1.19. The molecule has 0 spiro atoms. The summed E-state index contributed by atoms with van der Waals surface area (Å²) in [5, 5.41) is 16.6. The third-order valence-electron chi connectivity index (χ3n) is 0.730. The molecule has 0 aromatic heterocycles. The van der Waals surface area contributed by atoms with Gasteiger partial charge in [-0.2, -0.15) is 10.5 Å². The number of rotatable bonds is 2. The summed E-state index contributed by atoms with van der Waals surface area (Å²) in [7, 11) is 0. The first-order chi connectivity index (χ1) is 4.74. The molecule has 0 aliphatic carbocycles. The van der Waals surface area contributed by atoms with Crippen LogP contribution in [0.2, 0.25) is 0 Å². The van der Waals surface area contributed by atoms with E-state index in [0.717, 1.165) is 11.8 Å². The largest absolute Gasteiger partial charge is 0.192 e. The van der Waals surface area contributed by atoms with E-state index in [9.17, 15) is 0 Å². The van der Waals surface area contributed by atoms with Crippen LogP contribution in [-0.4, -0.2) is 0 Å². The van der Waals surface area contributed by atoms with Gasteiger partial charge in [-0.05, 0) is 6.92 Å². The molecule has 0 atom stereocenters. The quantitative estimate of drug-likeness (QED) is 0.567. The predicted octanol–water partition coefficient (Wildman–Crippen LogP) is 2.18. The van der Waals surface area contributed by atoms with E-state index in [1.807, 2.05) is 12.1 Å². The molecule has 0 saturated carbocycles. The fourth-order valence-electron chi connectivity index (χ4n) is 0.302. The summed E-state index contributed by atoms with van der Waals surface area (Å²) in [6, 6.07) is 3.77. The highest BCUT2D eigenvalue weighted by Gasteiger charge is 1.96. The second-order valence-electron chi connectivity index (χ2n) is 1.40. The summed E-state index contributed by atoms with van der Waals surface area (Å²) in [6.45, 7) is 5.17. The highest BCUT2D eigenvalue weighted by Crippen LogP contribution is 2.21. The number of nitriles is 2. The molecule has 0 aliphatic rings. The molecule has 0 saturated heterocycles. The van der Waals surface area contributed by atoms with E-state index in [-0.39, 0.29) is 0 Å². The van der Waals surface area contributed by atoms with Gasteiger partial charge in [-0.1, -0.05) is 24.4 Å². The summed E-state index contributed by atoms with van der Waals surface area (Å²) in [6.07, 6.45) is 1.65. The standard InChI is InChI=1S/C7H6N2S/c1-3-7(5-9)10-6(2)4-8/h3H,2H2,1H3/b7-3-. The second kappa shape index (κ2) is 4.67. The number of nitrogens with zero attached hydrogens (tertiary/aromatic N) is 2. The highest BCUT2D eigenvalue weighted by atomic mass is 32.2. The molecule has 0 radical (unpaired) electrons. The van der Waals surface area contributed by atoms with Crippen LogP contribution in [0.1, 0.15) is 6.92 Å². The number of thioether (sulfide) groups is 1. The summed E-state index contributed by atoms with van der Waals surface area (Å²) in [4.78, 5) is 0.848. The van der Waals surface area contributed by atoms with Gasteiger partial charge < -0.3 is 0 Å². The van der Waals surface area contributed by atoms with Gasteiger partial charge in [-0.25, -0.2) is 0 Å². The van der Waals surface area contributed by atoms with Gasteiger partial charge in [0.25, 0.3) is 0 Å². The van der Waals surface area contributed by atoms with E-state index in [4.69, 9.17) is 10.5 Å². The summed E-state index contributed by atoms with van der Waals surface area (Å²) < 4.78 is 0. The lowest BCUT2D eigenvalue weighted by molar-refractivity contribution is 1.51. The minimum atomic E-state index is 0.342. The maximum absolute atomic E-state index is 8.38. The van der Waals surface area contributed by atoms with Crippen LogP contribution in [0.4, 0.5) is 0 Å². The van der Waals surface area contributed by atoms with Crippen LogP contribution in [-0.2, 0) is 0 Å².